The van der Waals surface area contributed by atoms with Crippen molar-refractivity contribution in [1.29, 1.82) is 0 Å². The highest BCUT2D eigenvalue weighted by atomic mass is 16.6. The minimum Gasteiger partial charge on any atom is -0.439 e. The first-order chi connectivity index (χ1) is 9.02. The van der Waals surface area contributed by atoms with Gasteiger partial charge in [0, 0.05) is 13.1 Å². The van der Waals surface area contributed by atoms with Gasteiger partial charge in [0.2, 0.25) is 5.88 Å². The molecule has 2 aromatic rings. The summed E-state index contributed by atoms with van der Waals surface area (Å²) in [4.78, 5) is 10.2. The van der Waals surface area contributed by atoms with Gasteiger partial charge in [0.1, 0.15) is 5.75 Å². The Bertz CT molecular complexity index is 621. The van der Waals surface area contributed by atoms with Gasteiger partial charge in [-0.05, 0) is 13.0 Å². The predicted molar refractivity (Wildman–Crippen MR) is 67.0 cm³/mol. The van der Waals surface area contributed by atoms with E-state index >= 15 is 0 Å². The van der Waals surface area contributed by atoms with Crippen molar-refractivity contribution in [2.45, 2.75) is 13.5 Å². The normalized spacial score (nSPS) is 10.5. The Hall–Kier alpha value is -2.41. The maximum absolute atomic E-state index is 10.7. The second-order valence-electron chi connectivity index (χ2n) is 4.01. The number of aromatic nitrogens is 2. The zero-order chi connectivity index (χ0) is 14.0. The molecule has 0 atom stereocenters. The van der Waals surface area contributed by atoms with E-state index in [1.54, 1.807) is 20.0 Å². The van der Waals surface area contributed by atoms with Crippen molar-refractivity contribution in [1.82, 2.24) is 9.78 Å². The van der Waals surface area contributed by atoms with Crippen LogP contribution in [0.5, 0.6) is 11.6 Å². The molecule has 0 amide bonds. The lowest BCUT2D eigenvalue weighted by molar-refractivity contribution is -0.384. The minimum absolute atomic E-state index is 0.0538. The fourth-order valence-corrected chi connectivity index (χ4v) is 1.76. The highest BCUT2D eigenvalue weighted by Crippen LogP contribution is 2.29. The van der Waals surface area contributed by atoms with Gasteiger partial charge in [-0.1, -0.05) is 6.07 Å². The van der Waals surface area contributed by atoms with Crippen LogP contribution < -0.4 is 4.74 Å². The number of aliphatic hydroxyl groups excluding tert-OH is 1. The van der Waals surface area contributed by atoms with Crippen molar-refractivity contribution in [3.63, 3.8) is 0 Å². The van der Waals surface area contributed by atoms with E-state index in [1.165, 1.54) is 22.9 Å². The van der Waals surface area contributed by atoms with Crippen LogP contribution in [0.1, 0.15) is 11.3 Å². The largest absolute Gasteiger partial charge is 0.439 e. The average Bonchev–Trinajstić information content (AvgIpc) is 2.64. The monoisotopic (exact) mass is 263 g/mol. The summed E-state index contributed by atoms with van der Waals surface area (Å²) >= 11 is 0. The van der Waals surface area contributed by atoms with Gasteiger partial charge in [-0.15, -0.1) is 0 Å². The standard InChI is InChI=1S/C12H13N3O4/c1-8-11(7-16)12(14(2)13-8)19-10-5-3-4-9(6-10)15(17)18/h3-6,16H,7H2,1-2H3. The summed E-state index contributed by atoms with van der Waals surface area (Å²) in [6.07, 6.45) is 0. The first-order valence-electron chi connectivity index (χ1n) is 5.58. The van der Waals surface area contributed by atoms with E-state index in [0.717, 1.165) is 0 Å². The van der Waals surface area contributed by atoms with Crippen LogP contribution in [-0.2, 0) is 13.7 Å². The lowest BCUT2D eigenvalue weighted by Gasteiger charge is -2.07. The molecule has 0 aliphatic carbocycles. The quantitative estimate of drug-likeness (QED) is 0.672. The van der Waals surface area contributed by atoms with Crippen LogP contribution >= 0.6 is 0 Å². The van der Waals surface area contributed by atoms with Crippen molar-refractivity contribution in [3.05, 3.63) is 45.6 Å². The van der Waals surface area contributed by atoms with E-state index in [1.807, 2.05) is 0 Å². The number of hydrogen-bond acceptors (Lipinski definition) is 5. The van der Waals surface area contributed by atoms with Crippen molar-refractivity contribution in [3.8, 4) is 11.6 Å². The molecule has 1 aromatic heterocycles. The third-order valence-corrected chi connectivity index (χ3v) is 2.69. The van der Waals surface area contributed by atoms with Crippen LogP contribution in [0.25, 0.3) is 0 Å². The maximum atomic E-state index is 10.7. The topological polar surface area (TPSA) is 90.4 Å². The molecular formula is C12H13N3O4. The number of benzene rings is 1. The van der Waals surface area contributed by atoms with Gasteiger partial charge in [-0.3, -0.25) is 10.1 Å². The van der Waals surface area contributed by atoms with Crippen molar-refractivity contribution < 1.29 is 14.8 Å². The molecule has 0 spiro atoms. The van der Waals surface area contributed by atoms with Crippen molar-refractivity contribution >= 4 is 5.69 Å². The third kappa shape index (κ3) is 2.55. The zero-order valence-electron chi connectivity index (χ0n) is 10.5. The summed E-state index contributed by atoms with van der Waals surface area (Å²) in [5, 5.41) is 24.1. The lowest BCUT2D eigenvalue weighted by Crippen LogP contribution is -1.97. The lowest BCUT2D eigenvalue weighted by atomic mass is 10.2. The number of nitrogens with zero attached hydrogens (tertiary/aromatic N) is 3. The first kappa shape index (κ1) is 13.0. The Labute approximate surface area is 109 Å². The Kier molecular flexibility index (Phi) is 3.48. The number of nitro benzene ring substituents is 1. The van der Waals surface area contributed by atoms with Crippen LogP contribution in [0.15, 0.2) is 24.3 Å². The van der Waals surface area contributed by atoms with Crippen LogP contribution in [0.4, 0.5) is 5.69 Å². The summed E-state index contributed by atoms with van der Waals surface area (Å²) in [7, 11) is 1.68. The highest BCUT2D eigenvalue weighted by Gasteiger charge is 2.15. The number of aryl methyl sites for hydroxylation is 2. The van der Waals surface area contributed by atoms with Crippen molar-refractivity contribution in [2.75, 3.05) is 0 Å². The molecule has 19 heavy (non-hydrogen) atoms. The van der Waals surface area contributed by atoms with Gasteiger partial charge in [-0.2, -0.15) is 5.10 Å². The Morgan fingerprint density at radius 2 is 2.26 bits per heavy atom. The fraction of sp³-hybridized carbons (Fsp3) is 0.250. The van der Waals surface area contributed by atoms with E-state index < -0.39 is 4.92 Å². The third-order valence-electron chi connectivity index (χ3n) is 2.69. The summed E-state index contributed by atoms with van der Waals surface area (Å²) in [5.41, 5.74) is 1.17. The average molecular weight is 263 g/mol. The Morgan fingerprint density at radius 3 is 2.89 bits per heavy atom. The fourth-order valence-electron chi connectivity index (χ4n) is 1.76. The van der Waals surface area contributed by atoms with Crippen molar-refractivity contribution in [2.24, 2.45) is 7.05 Å². The molecular weight excluding hydrogens is 250 g/mol. The molecule has 0 aliphatic rings. The smallest absolute Gasteiger partial charge is 0.273 e. The molecule has 0 saturated heterocycles. The molecule has 1 N–H and O–H groups in total. The number of ether oxygens (including phenoxy) is 1. The van der Waals surface area contributed by atoms with Gasteiger partial charge in [0.25, 0.3) is 5.69 Å². The molecule has 0 saturated carbocycles. The SMILES string of the molecule is Cc1nn(C)c(Oc2cccc([N+](=O)[O-])c2)c1CO. The molecule has 0 bridgehead atoms. The number of rotatable bonds is 4. The molecule has 0 fully saturated rings. The summed E-state index contributed by atoms with van der Waals surface area (Å²) in [6.45, 7) is 1.55. The molecule has 0 aliphatic heterocycles. The molecule has 100 valence electrons. The number of nitro groups is 1. The Balaban J connectivity index is 2.36. The zero-order valence-corrected chi connectivity index (χ0v) is 10.5. The molecule has 2 rings (SSSR count). The van der Waals surface area contributed by atoms with E-state index in [0.29, 0.717) is 22.9 Å². The van der Waals surface area contributed by atoms with Crippen LogP contribution in [0.3, 0.4) is 0 Å². The second kappa shape index (κ2) is 5.07. The number of non-ortho nitro benzene ring substituents is 1. The molecule has 7 nitrogen and oxygen atoms in total. The molecule has 7 heteroatoms. The van der Waals surface area contributed by atoms with E-state index in [9.17, 15) is 15.2 Å². The molecule has 1 heterocycles. The summed E-state index contributed by atoms with van der Waals surface area (Å²) < 4.78 is 7.06. The molecule has 0 radical (unpaired) electrons. The van der Waals surface area contributed by atoms with Crippen LogP contribution in [0.2, 0.25) is 0 Å². The maximum Gasteiger partial charge on any atom is 0.273 e. The molecule has 0 unspecified atom stereocenters. The van der Waals surface area contributed by atoms with Gasteiger partial charge < -0.3 is 9.84 Å². The van der Waals surface area contributed by atoms with Gasteiger partial charge in [-0.25, -0.2) is 4.68 Å². The summed E-state index contributed by atoms with van der Waals surface area (Å²) in [6, 6.07) is 5.85. The second-order valence-corrected chi connectivity index (χ2v) is 4.01. The van der Waals surface area contributed by atoms with Gasteiger partial charge in [0.15, 0.2) is 0 Å². The number of hydrogen-bond donors (Lipinski definition) is 1. The Morgan fingerprint density at radius 1 is 1.53 bits per heavy atom. The number of aliphatic hydroxyl groups is 1. The first-order valence-corrected chi connectivity index (χ1v) is 5.58. The van der Waals surface area contributed by atoms with E-state index in [-0.39, 0.29) is 12.3 Å². The minimum atomic E-state index is -0.492. The molecule has 1 aromatic carbocycles. The van der Waals surface area contributed by atoms with Gasteiger partial charge >= 0.3 is 0 Å². The van der Waals surface area contributed by atoms with Crippen LogP contribution in [0, 0.1) is 17.0 Å². The van der Waals surface area contributed by atoms with Crippen LogP contribution in [-0.4, -0.2) is 19.8 Å². The van der Waals surface area contributed by atoms with E-state index in [4.69, 9.17) is 4.74 Å². The highest BCUT2D eigenvalue weighted by molar-refractivity contribution is 5.41. The summed E-state index contributed by atoms with van der Waals surface area (Å²) in [5.74, 6) is 0.701. The van der Waals surface area contributed by atoms with Gasteiger partial charge in [0.05, 0.1) is 28.9 Å². The van der Waals surface area contributed by atoms with E-state index in [2.05, 4.69) is 5.10 Å². The predicted octanol–water partition coefficient (Wildman–Crippen LogP) is 1.92.